The molecular formula is C12H6Br4N2O. The topological polar surface area (TPSA) is 42.0 Å². The smallest absolute Gasteiger partial charge is 0.274 e. The van der Waals surface area contributed by atoms with Crippen molar-refractivity contribution in [3.8, 4) is 0 Å². The van der Waals surface area contributed by atoms with Crippen molar-refractivity contribution in [3.63, 3.8) is 0 Å². The molecule has 0 atom stereocenters. The number of nitrogens with one attached hydrogen (secondary N) is 1. The maximum absolute atomic E-state index is 12.1. The van der Waals surface area contributed by atoms with Gasteiger partial charge in [-0.2, -0.15) is 0 Å². The Labute approximate surface area is 143 Å². The van der Waals surface area contributed by atoms with Gasteiger partial charge in [-0.3, -0.25) is 4.79 Å². The molecule has 0 bridgehead atoms. The van der Waals surface area contributed by atoms with E-state index in [1.165, 1.54) is 0 Å². The van der Waals surface area contributed by atoms with Gasteiger partial charge in [-0.15, -0.1) is 0 Å². The van der Waals surface area contributed by atoms with E-state index in [9.17, 15) is 4.79 Å². The van der Waals surface area contributed by atoms with Crippen LogP contribution in [0.3, 0.4) is 0 Å². The summed E-state index contributed by atoms with van der Waals surface area (Å²) in [6.45, 7) is 0. The second kappa shape index (κ2) is 6.47. The number of nitrogens with zero attached hydrogens (tertiary/aromatic N) is 1. The lowest BCUT2D eigenvalue weighted by Crippen LogP contribution is -2.14. The fraction of sp³-hybridized carbons (Fsp3) is 0. The van der Waals surface area contributed by atoms with Gasteiger partial charge >= 0.3 is 0 Å². The Balaban J connectivity index is 2.29. The standard InChI is InChI=1S/C12H6Br4N2O/c13-6-4-7(14)11(8(15)5-6)18-12(19)9-2-1-3-10(16)17-9/h1-5H,(H,18,19). The molecule has 0 aliphatic heterocycles. The first-order chi connectivity index (χ1) is 8.97. The second-order valence-electron chi connectivity index (χ2n) is 3.54. The Bertz CT molecular complexity index is 622. The first-order valence-electron chi connectivity index (χ1n) is 5.06. The molecule has 1 aromatic carbocycles. The maximum atomic E-state index is 12.1. The summed E-state index contributed by atoms with van der Waals surface area (Å²) in [5, 5.41) is 2.81. The van der Waals surface area contributed by atoms with E-state index in [0.29, 0.717) is 16.0 Å². The highest BCUT2D eigenvalue weighted by Crippen LogP contribution is 2.34. The molecule has 19 heavy (non-hydrogen) atoms. The van der Waals surface area contributed by atoms with Crippen LogP contribution in [0, 0.1) is 0 Å². The van der Waals surface area contributed by atoms with Gasteiger partial charge in [0.15, 0.2) is 0 Å². The number of hydrogen-bond acceptors (Lipinski definition) is 2. The summed E-state index contributed by atoms with van der Waals surface area (Å²) in [5.41, 5.74) is 1.01. The number of benzene rings is 1. The highest BCUT2D eigenvalue weighted by atomic mass is 79.9. The van der Waals surface area contributed by atoms with Crippen molar-refractivity contribution >= 4 is 75.3 Å². The zero-order valence-corrected chi connectivity index (χ0v) is 15.6. The molecule has 1 aromatic heterocycles. The Morgan fingerprint density at radius 1 is 1.05 bits per heavy atom. The van der Waals surface area contributed by atoms with Crippen LogP contribution < -0.4 is 5.32 Å². The van der Waals surface area contributed by atoms with Gasteiger partial charge in [0.25, 0.3) is 5.91 Å². The summed E-state index contributed by atoms with van der Waals surface area (Å²) in [4.78, 5) is 16.2. The van der Waals surface area contributed by atoms with E-state index < -0.39 is 0 Å². The normalized spacial score (nSPS) is 10.3. The van der Waals surface area contributed by atoms with E-state index in [2.05, 4.69) is 74.0 Å². The van der Waals surface area contributed by atoms with Gasteiger partial charge < -0.3 is 5.32 Å². The van der Waals surface area contributed by atoms with Gasteiger partial charge in [0, 0.05) is 13.4 Å². The molecule has 1 amide bonds. The van der Waals surface area contributed by atoms with Crippen molar-refractivity contribution in [3.05, 3.63) is 54.0 Å². The van der Waals surface area contributed by atoms with Gasteiger partial charge in [0.2, 0.25) is 0 Å². The minimum atomic E-state index is -0.273. The van der Waals surface area contributed by atoms with Gasteiger partial charge in [0.1, 0.15) is 10.3 Å². The van der Waals surface area contributed by atoms with Crippen molar-refractivity contribution < 1.29 is 4.79 Å². The van der Waals surface area contributed by atoms with Crippen LogP contribution in [-0.4, -0.2) is 10.9 Å². The summed E-state index contributed by atoms with van der Waals surface area (Å²) in [5.74, 6) is -0.273. The van der Waals surface area contributed by atoms with Crippen molar-refractivity contribution in [2.24, 2.45) is 0 Å². The monoisotopic (exact) mass is 510 g/mol. The van der Waals surface area contributed by atoms with Crippen LogP contribution in [0.15, 0.2) is 48.4 Å². The zero-order valence-electron chi connectivity index (χ0n) is 9.25. The third kappa shape index (κ3) is 3.87. The molecule has 0 saturated heterocycles. The summed E-state index contributed by atoms with van der Waals surface area (Å²) in [6.07, 6.45) is 0. The molecule has 0 radical (unpaired) electrons. The van der Waals surface area contributed by atoms with Crippen molar-refractivity contribution in [2.75, 3.05) is 5.32 Å². The first kappa shape index (κ1) is 15.2. The molecule has 3 nitrogen and oxygen atoms in total. The van der Waals surface area contributed by atoms with Gasteiger partial charge in [-0.1, -0.05) is 22.0 Å². The van der Waals surface area contributed by atoms with Crippen LogP contribution in [0.25, 0.3) is 0 Å². The number of aromatic nitrogens is 1. The van der Waals surface area contributed by atoms with Crippen LogP contribution in [0.2, 0.25) is 0 Å². The molecular weight excluding hydrogens is 508 g/mol. The highest BCUT2D eigenvalue weighted by molar-refractivity contribution is 9.11. The minimum absolute atomic E-state index is 0.273. The van der Waals surface area contributed by atoms with Gasteiger partial charge in [-0.05, 0) is 72.1 Å². The molecule has 2 rings (SSSR count). The SMILES string of the molecule is O=C(Nc1c(Br)cc(Br)cc1Br)c1cccc(Br)n1. The molecule has 0 spiro atoms. The highest BCUT2D eigenvalue weighted by Gasteiger charge is 2.13. The molecule has 0 fully saturated rings. The lowest BCUT2D eigenvalue weighted by molar-refractivity contribution is 0.102. The first-order valence-corrected chi connectivity index (χ1v) is 8.23. The summed E-state index contributed by atoms with van der Waals surface area (Å²) < 4.78 is 3.08. The fourth-order valence-corrected chi connectivity index (χ4v) is 4.17. The van der Waals surface area contributed by atoms with E-state index in [1.807, 2.05) is 12.1 Å². The number of amides is 1. The molecule has 0 unspecified atom stereocenters. The predicted molar refractivity (Wildman–Crippen MR) is 89.4 cm³/mol. The number of hydrogen-bond donors (Lipinski definition) is 1. The van der Waals surface area contributed by atoms with Crippen LogP contribution in [-0.2, 0) is 0 Å². The van der Waals surface area contributed by atoms with E-state index >= 15 is 0 Å². The Morgan fingerprint density at radius 2 is 1.68 bits per heavy atom. The largest absolute Gasteiger partial charge is 0.319 e. The lowest BCUT2D eigenvalue weighted by Gasteiger charge is -2.10. The Morgan fingerprint density at radius 3 is 2.26 bits per heavy atom. The molecule has 0 aliphatic carbocycles. The predicted octanol–water partition coefficient (Wildman–Crippen LogP) is 5.38. The molecule has 0 aliphatic rings. The lowest BCUT2D eigenvalue weighted by atomic mass is 10.3. The second-order valence-corrected chi connectivity index (χ2v) is 6.98. The fourth-order valence-electron chi connectivity index (χ4n) is 1.37. The Hall–Kier alpha value is -0.240. The van der Waals surface area contributed by atoms with Crippen LogP contribution >= 0.6 is 63.7 Å². The van der Waals surface area contributed by atoms with Crippen molar-refractivity contribution in [1.82, 2.24) is 4.98 Å². The number of carbonyl (C=O) groups is 1. The number of carbonyl (C=O) groups excluding carboxylic acids is 1. The molecule has 98 valence electrons. The van der Waals surface area contributed by atoms with Crippen LogP contribution in [0.5, 0.6) is 0 Å². The maximum Gasteiger partial charge on any atom is 0.274 e. The average Bonchev–Trinajstić information content (AvgIpc) is 2.33. The zero-order chi connectivity index (χ0) is 14.0. The molecule has 1 heterocycles. The van der Waals surface area contributed by atoms with Crippen LogP contribution in [0.1, 0.15) is 10.5 Å². The number of pyridine rings is 1. The van der Waals surface area contributed by atoms with Crippen molar-refractivity contribution in [1.29, 1.82) is 0 Å². The summed E-state index contributed by atoms with van der Waals surface area (Å²) in [7, 11) is 0. The number of halogens is 4. The van der Waals surface area contributed by atoms with E-state index in [1.54, 1.807) is 18.2 Å². The van der Waals surface area contributed by atoms with Gasteiger partial charge in [-0.25, -0.2) is 4.98 Å². The Kier molecular flexibility index (Phi) is 5.16. The third-order valence-electron chi connectivity index (χ3n) is 2.19. The third-order valence-corrected chi connectivity index (χ3v) is 4.34. The van der Waals surface area contributed by atoms with Gasteiger partial charge in [0.05, 0.1) is 5.69 Å². The molecule has 1 N–H and O–H groups in total. The van der Waals surface area contributed by atoms with E-state index in [4.69, 9.17) is 0 Å². The number of rotatable bonds is 2. The molecule has 2 aromatic rings. The average molecular weight is 514 g/mol. The summed E-state index contributed by atoms with van der Waals surface area (Å²) >= 11 is 13.4. The van der Waals surface area contributed by atoms with E-state index in [-0.39, 0.29) is 5.91 Å². The quantitative estimate of drug-likeness (QED) is 0.548. The van der Waals surface area contributed by atoms with Crippen molar-refractivity contribution in [2.45, 2.75) is 0 Å². The molecule has 0 saturated carbocycles. The summed E-state index contributed by atoms with van der Waals surface area (Å²) in [6, 6.07) is 8.89. The van der Waals surface area contributed by atoms with E-state index in [0.717, 1.165) is 13.4 Å². The minimum Gasteiger partial charge on any atom is -0.319 e. The van der Waals surface area contributed by atoms with Crippen LogP contribution in [0.4, 0.5) is 5.69 Å². The number of anilines is 1. The molecule has 7 heteroatoms.